The van der Waals surface area contributed by atoms with Gasteiger partial charge in [0.1, 0.15) is 0 Å². The van der Waals surface area contributed by atoms with Crippen LogP contribution in [0.25, 0.3) is 0 Å². The third-order valence-electron chi connectivity index (χ3n) is 4.29. The van der Waals surface area contributed by atoms with Gasteiger partial charge in [0.2, 0.25) is 11.9 Å². The minimum Gasteiger partial charge on any atom is -0.352 e. The predicted octanol–water partition coefficient (Wildman–Crippen LogP) is 1.44. The number of hydrogen-bond acceptors (Lipinski definition) is 7. The van der Waals surface area contributed by atoms with E-state index in [1.807, 2.05) is 4.90 Å². The van der Waals surface area contributed by atoms with Gasteiger partial charge in [0.25, 0.3) is 5.91 Å². The number of carbonyl (C=O) groups is 1. The summed E-state index contributed by atoms with van der Waals surface area (Å²) >= 11 is 0. The lowest BCUT2D eigenvalue weighted by atomic mass is 10.2. The number of rotatable bonds is 5. The fraction of sp³-hybridized carbons (Fsp3) is 0.471. The summed E-state index contributed by atoms with van der Waals surface area (Å²) in [5, 5.41) is 3.19. The van der Waals surface area contributed by atoms with E-state index in [0.717, 1.165) is 6.42 Å². The van der Waals surface area contributed by atoms with Gasteiger partial charge in [-0.25, -0.2) is 19.9 Å². The second kappa shape index (κ2) is 7.87. The zero-order valence-corrected chi connectivity index (χ0v) is 14.6. The highest BCUT2D eigenvalue weighted by Gasteiger charge is 2.23. The van der Waals surface area contributed by atoms with E-state index in [0.29, 0.717) is 49.7 Å². The lowest BCUT2D eigenvalue weighted by molar-refractivity contribution is 0.0745. The van der Waals surface area contributed by atoms with Crippen LogP contribution in [0.15, 0.2) is 30.9 Å². The molecule has 1 amide bonds. The smallest absolute Gasteiger partial charge is 0.257 e. The molecule has 1 N–H and O–H groups in total. The molecule has 0 bridgehead atoms. The molecule has 2 aromatic heterocycles. The molecule has 8 nitrogen and oxygen atoms in total. The number of aromatic nitrogens is 4. The zero-order valence-electron chi connectivity index (χ0n) is 14.6. The van der Waals surface area contributed by atoms with Gasteiger partial charge >= 0.3 is 0 Å². The van der Waals surface area contributed by atoms with E-state index in [9.17, 15) is 4.79 Å². The molecule has 0 radical (unpaired) electrons. The SMILES string of the molecule is CCC(C)Nc1ncc(C(=O)N2CCN(c3ncccn3)CC2)cn1. The van der Waals surface area contributed by atoms with Gasteiger partial charge in [-0.2, -0.15) is 0 Å². The quantitative estimate of drug-likeness (QED) is 0.880. The van der Waals surface area contributed by atoms with E-state index in [2.05, 4.69) is 44.0 Å². The number of amides is 1. The Hall–Kier alpha value is -2.77. The summed E-state index contributed by atoms with van der Waals surface area (Å²) in [6.07, 6.45) is 7.62. The third-order valence-corrected chi connectivity index (χ3v) is 4.29. The molecule has 0 aromatic carbocycles. The van der Waals surface area contributed by atoms with Crippen LogP contribution in [0.2, 0.25) is 0 Å². The summed E-state index contributed by atoms with van der Waals surface area (Å²) in [5.41, 5.74) is 0.513. The third kappa shape index (κ3) is 4.20. The van der Waals surface area contributed by atoms with Crippen molar-refractivity contribution < 1.29 is 4.79 Å². The second-order valence-electron chi connectivity index (χ2n) is 6.08. The van der Waals surface area contributed by atoms with Crippen LogP contribution in [0.4, 0.5) is 11.9 Å². The fourth-order valence-electron chi connectivity index (χ4n) is 2.58. The molecule has 1 fully saturated rings. The Morgan fingerprint density at radius 1 is 1.12 bits per heavy atom. The van der Waals surface area contributed by atoms with Crippen molar-refractivity contribution in [1.82, 2.24) is 24.8 Å². The number of nitrogens with one attached hydrogen (secondary N) is 1. The van der Waals surface area contributed by atoms with Crippen molar-refractivity contribution in [1.29, 1.82) is 0 Å². The normalized spacial score (nSPS) is 15.8. The maximum atomic E-state index is 12.6. The molecular formula is C17H23N7O. The molecule has 1 saturated heterocycles. The van der Waals surface area contributed by atoms with E-state index >= 15 is 0 Å². The highest BCUT2D eigenvalue weighted by Crippen LogP contribution is 2.12. The summed E-state index contributed by atoms with van der Waals surface area (Å²) in [5.74, 6) is 1.22. The zero-order chi connectivity index (χ0) is 17.6. The van der Waals surface area contributed by atoms with E-state index in [4.69, 9.17) is 0 Å². The molecule has 1 aliphatic rings. The van der Waals surface area contributed by atoms with Crippen LogP contribution in [-0.4, -0.2) is 63.0 Å². The molecule has 0 aliphatic carbocycles. The Labute approximate surface area is 147 Å². The summed E-state index contributed by atoms with van der Waals surface area (Å²) < 4.78 is 0. The van der Waals surface area contributed by atoms with E-state index < -0.39 is 0 Å². The number of anilines is 2. The molecule has 1 atom stereocenters. The molecular weight excluding hydrogens is 318 g/mol. The maximum Gasteiger partial charge on any atom is 0.257 e. The average molecular weight is 341 g/mol. The Balaban J connectivity index is 1.57. The van der Waals surface area contributed by atoms with Crippen LogP contribution in [0.1, 0.15) is 30.6 Å². The lowest BCUT2D eigenvalue weighted by Crippen LogP contribution is -2.49. The molecule has 8 heteroatoms. The maximum absolute atomic E-state index is 12.6. The van der Waals surface area contributed by atoms with Crippen molar-refractivity contribution in [2.24, 2.45) is 0 Å². The number of piperazine rings is 1. The van der Waals surface area contributed by atoms with Crippen LogP contribution in [-0.2, 0) is 0 Å². The van der Waals surface area contributed by atoms with Gasteiger partial charge in [-0.1, -0.05) is 6.92 Å². The van der Waals surface area contributed by atoms with E-state index in [1.54, 1.807) is 30.9 Å². The Kier molecular flexibility index (Phi) is 5.37. The molecule has 1 aliphatic heterocycles. The Morgan fingerprint density at radius 3 is 2.36 bits per heavy atom. The van der Waals surface area contributed by atoms with Crippen molar-refractivity contribution in [2.45, 2.75) is 26.3 Å². The number of hydrogen-bond donors (Lipinski definition) is 1. The molecule has 25 heavy (non-hydrogen) atoms. The Morgan fingerprint density at radius 2 is 1.76 bits per heavy atom. The van der Waals surface area contributed by atoms with Gasteiger partial charge in [-0.3, -0.25) is 4.79 Å². The highest BCUT2D eigenvalue weighted by atomic mass is 16.2. The minimum absolute atomic E-state index is 0.0382. The molecule has 0 spiro atoms. The largest absolute Gasteiger partial charge is 0.352 e. The molecule has 1 unspecified atom stereocenters. The van der Waals surface area contributed by atoms with Crippen molar-refractivity contribution in [3.8, 4) is 0 Å². The second-order valence-corrected chi connectivity index (χ2v) is 6.08. The monoisotopic (exact) mass is 341 g/mol. The Bertz CT molecular complexity index is 684. The minimum atomic E-state index is -0.0382. The van der Waals surface area contributed by atoms with Crippen molar-refractivity contribution >= 4 is 17.8 Å². The number of carbonyl (C=O) groups excluding carboxylic acids is 1. The van der Waals surface area contributed by atoms with Crippen LogP contribution in [0.3, 0.4) is 0 Å². The topological polar surface area (TPSA) is 87.1 Å². The van der Waals surface area contributed by atoms with E-state index in [-0.39, 0.29) is 5.91 Å². The molecule has 3 heterocycles. The fourth-order valence-corrected chi connectivity index (χ4v) is 2.58. The molecule has 0 saturated carbocycles. The standard InChI is InChI=1S/C17H23N7O/c1-3-13(2)22-16-20-11-14(12-21-16)15(25)23-7-9-24(10-8-23)17-18-5-4-6-19-17/h4-6,11-13H,3,7-10H2,1-2H3,(H,20,21,22). The van der Waals surface area contributed by atoms with Crippen molar-refractivity contribution in [3.63, 3.8) is 0 Å². The van der Waals surface area contributed by atoms with Gasteiger partial charge in [0.15, 0.2) is 0 Å². The van der Waals surface area contributed by atoms with Crippen LogP contribution in [0.5, 0.6) is 0 Å². The lowest BCUT2D eigenvalue weighted by Gasteiger charge is -2.34. The summed E-state index contributed by atoms with van der Waals surface area (Å²) in [6, 6.07) is 2.10. The van der Waals surface area contributed by atoms with Crippen molar-refractivity contribution in [2.75, 3.05) is 36.4 Å². The number of nitrogens with zero attached hydrogens (tertiary/aromatic N) is 6. The first-order valence-electron chi connectivity index (χ1n) is 8.57. The molecule has 132 valence electrons. The van der Waals surface area contributed by atoms with E-state index in [1.165, 1.54) is 0 Å². The summed E-state index contributed by atoms with van der Waals surface area (Å²) in [4.78, 5) is 33.5. The average Bonchev–Trinajstić information content (AvgIpc) is 2.69. The summed E-state index contributed by atoms with van der Waals surface area (Å²) in [6.45, 7) is 6.84. The van der Waals surface area contributed by atoms with Gasteiger partial charge < -0.3 is 15.1 Å². The first-order valence-corrected chi connectivity index (χ1v) is 8.57. The van der Waals surface area contributed by atoms with Crippen molar-refractivity contribution in [3.05, 3.63) is 36.4 Å². The first-order chi connectivity index (χ1) is 12.2. The molecule has 2 aromatic rings. The van der Waals surface area contributed by atoms with Gasteiger partial charge in [-0.05, 0) is 19.4 Å². The van der Waals surface area contributed by atoms with Gasteiger partial charge in [0.05, 0.1) is 5.56 Å². The van der Waals surface area contributed by atoms with Gasteiger partial charge in [0, 0.05) is 57.0 Å². The predicted molar refractivity (Wildman–Crippen MR) is 95.6 cm³/mol. The van der Waals surface area contributed by atoms with Crippen LogP contribution in [0, 0.1) is 0 Å². The highest BCUT2D eigenvalue weighted by molar-refractivity contribution is 5.93. The van der Waals surface area contributed by atoms with Crippen LogP contribution < -0.4 is 10.2 Å². The molecule has 3 rings (SSSR count). The van der Waals surface area contributed by atoms with Gasteiger partial charge in [-0.15, -0.1) is 0 Å². The first kappa shape index (κ1) is 17.1. The summed E-state index contributed by atoms with van der Waals surface area (Å²) in [7, 11) is 0. The van der Waals surface area contributed by atoms with Crippen LogP contribution >= 0.6 is 0 Å².